The van der Waals surface area contributed by atoms with Gasteiger partial charge in [0.05, 0.1) is 5.56 Å². The Balaban J connectivity index is 0.000000385. The van der Waals surface area contributed by atoms with Gasteiger partial charge in [-0.3, -0.25) is 0 Å². The van der Waals surface area contributed by atoms with E-state index in [-0.39, 0.29) is 0 Å². The van der Waals surface area contributed by atoms with Crippen molar-refractivity contribution in [1.29, 1.82) is 0 Å². The van der Waals surface area contributed by atoms with E-state index in [1.807, 2.05) is 13.8 Å². The molecule has 0 aliphatic rings. The lowest BCUT2D eigenvalue weighted by Crippen LogP contribution is -2.00. The van der Waals surface area contributed by atoms with Crippen molar-refractivity contribution in [3.63, 3.8) is 0 Å². The summed E-state index contributed by atoms with van der Waals surface area (Å²) in [6, 6.07) is 2.31. The third-order valence-electron chi connectivity index (χ3n) is 1.57. The van der Waals surface area contributed by atoms with Gasteiger partial charge < -0.3 is 9.84 Å². The van der Waals surface area contributed by atoms with Crippen LogP contribution >= 0.6 is 0 Å². The van der Waals surface area contributed by atoms with Gasteiger partial charge in [-0.1, -0.05) is 0 Å². The van der Waals surface area contributed by atoms with E-state index in [0.717, 1.165) is 25.3 Å². The maximum atomic E-state index is 12.5. The Morgan fingerprint density at radius 3 is 2.19 bits per heavy atom. The van der Waals surface area contributed by atoms with Gasteiger partial charge in [-0.15, -0.1) is 0 Å². The number of hydrogen-bond donors (Lipinski definition) is 1. The second-order valence-electron chi connectivity index (χ2n) is 2.71. The number of hydrogen-bond acceptors (Lipinski definition) is 2. The fourth-order valence-corrected chi connectivity index (χ4v) is 0.867. The molecule has 0 aromatic heterocycles. The molecule has 0 saturated heterocycles. The molecule has 0 saturated carbocycles. The van der Waals surface area contributed by atoms with Crippen LogP contribution in [0, 0.1) is 11.6 Å². The van der Waals surface area contributed by atoms with Crippen LogP contribution < -0.4 is 0 Å². The van der Waals surface area contributed by atoms with Crippen LogP contribution in [0.5, 0.6) is 0 Å². The van der Waals surface area contributed by atoms with Crippen molar-refractivity contribution in [3.8, 4) is 0 Å². The quantitative estimate of drug-likeness (QED) is 0.871. The molecule has 90 valence electrons. The maximum absolute atomic E-state index is 12.5. The molecule has 5 heteroatoms. The fraction of sp³-hybridized carbons (Fsp3) is 0.364. The highest BCUT2D eigenvalue weighted by Crippen LogP contribution is 2.08. The Morgan fingerprint density at radius 2 is 1.88 bits per heavy atom. The van der Waals surface area contributed by atoms with Crippen molar-refractivity contribution in [1.82, 2.24) is 0 Å². The van der Waals surface area contributed by atoms with Gasteiger partial charge in [0.15, 0.2) is 0 Å². The van der Waals surface area contributed by atoms with Crippen LogP contribution in [0.25, 0.3) is 0 Å². The molecule has 0 aliphatic heterocycles. The lowest BCUT2D eigenvalue weighted by atomic mass is 10.2. The van der Waals surface area contributed by atoms with Crippen molar-refractivity contribution in [2.24, 2.45) is 0 Å². The number of carboxylic acids is 1. The van der Waals surface area contributed by atoms with Crippen LogP contribution in [0.1, 0.15) is 24.2 Å². The molecule has 0 spiro atoms. The first kappa shape index (κ1) is 14.5. The minimum absolute atomic E-state index is 0.522. The monoisotopic (exact) mass is 232 g/mol. The number of benzene rings is 1. The minimum atomic E-state index is -1.40. The smallest absolute Gasteiger partial charge is 0.338 e. The highest BCUT2D eigenvalue weighted by molar-refractivity contribution is 5.87. The molecular weight excluding hydrogens is 218 g/mol. The largest absolute Gasteiger partial charge is 0.478 e. The Bertz CT molecular complexity index is 338. The molecule has 1 rings (SSSR count). The molecule has 0 radical (unpaired) electrons. The lowest BCUT2D eigenvalue weighted by Gasteiger charge is -1.94. The molecule has 0 fully saturated rings. The van der Waals surface area contributed by atoms with Crippen molar-refractivity contribution >= 4 is 5.97 Å². The third kappa shape index (κ3) is 5.41. The summed E-state index contributed by atoms with van der Waals surface area (Å²) in [5.74, 6) is -3.24. The molecule has 1 N–H and O–H groups in total. The van der Waals surface area contributed by atoms with Crippen LogP contribution in [0.15, 0.2) is 18.2 Å². The Labute approximate surface area is 92.7 Å². The minimum Gasteiger partial charge on any atom is -0.478 e. The highest BCUT2D eigenvalue weighted by Gasteiger charge is 2.09. The molecule has 0 aliphatic carbocycles. The van der Waals surface area contributed by atoms with Gasteiger partial charge in [-0.05, 0) is 26.0 Å². The first-order chi connectivity index (χ1) is 7.52. The number of carbonyl (C=O) groups is 1. The van der Waals surface area contributed by atoms with Gasteiger partial charge >= 0.3 is 5.97 Å². The molecule has 0 bridgehead atoms. The number of aromatic carboxylic acids is 1. The maximum Gasteiger partial charge on any atom is 0.338 e. The summed E-state index contributed by atoms with van der Waals surface area (Å²) < 4.78 is 29.5. The topological polar surface area (TPSA) is 46.5 Å². The fourth-order valence-electron chi connectivity index (χ4n) is 0.867. The highest BCUT2D eigenvalue weighted by atomic mass is 19.1. The molecule has 0 atom stereocenters. The van der Waals surface area contributed by atoms with Crippen molar-refractivity contribution < 1.29 is 23.4 Å². The first-order valence-corrected chi connectivity index (χ1v) is 4.79. The van der Waals surface area contributed by atoms with E-state index >= 15 is 0 Å². The summed E-state index contributed by atoms with van der Waals surface area (Å²) in [6.45, 7) is 5.67. The standard InChI is InChI=1S/C7H4F2O2.C4H10O/c8-4-1-2-5(7(10)11)6(9)3-4;1-3-5-4-2/h1-3H,(H,10,11);3-4H2,1-2H3. The molecule has 3 nitrogen and oxygen atoms in total. The summed E-state index contributed by atoms with van der Waals surface area (Å²) in [7, 11) is 0. The van der Waals surface area contributed by atoms with E-state index in [1.165, 1.54) is 0 Å². The molecule has 1 aromatic rings. The number of halogens is 2. The number of rotatable bonds is 3. The van der Waals surface area contributed by atoms with Crippen molar-refractivity contribution in [2.45, 2.75) is 13.8 Å². The van der Waals surface area contributed by atoms with Crippen molar-refractivity contribution in [3.05, 3.63) is 35.4 Å². The Morgan fingerprint density at radius 1 is 1.31 bits per heavy atom. The molecule has 0 unspecified atom stereocenters. The van der Waals surface area contributed by atoms with Crippen molar-refractivity contribution in [2.75, 3.05) is 13.2 Å². The number of carboxylic acid groups (broad SMARTS) is 1. The summed E-state index contributed by atoms with van der Waals surface area (Å²) in [5, 5.41) is 8.29. The molecule has 0 amide bonds. The van der Waals surface area contributed by atoms with Gasteiger partial charge in [0.1, 0.15) is 11.6 Å². The summed E-state index contributed by atoms with van der Waals surface area (Å²) in [5.41, 5.74) is -0.522. The van der Waals surface area contributed by atoms with Crippen LogP contribution in [0.3, 0.4) is 0 Å². The third-order valence-corrected chi connectivity index (χ3v) is 1.57. The second-order valence-corrected chi connectivity index (χ2v) is 2.71. The normalized spacial score (nSPS) is 9.25. The molecule has 0 heterocycles. The summed E-state index contributed by atoms with van der Waals surface area (Å²) in [4.78, 5) is 10.2. The summed E-state index contributed by atoms with van der Waals surface area (Å²) >= 11 is 0. The average molecular weight is 232 g/mol. The van der Waals surface area contributed by atoms with Gasteiger partial charge in [0.2, 0.25) is 0 Å². The predicted octanol–water partition coefficient (Wildman–Crippen LogP) is 2.71. The van der Waals surface area contributed by atoms with Crippen LogP contribution in [-0.2, 0) is 4.74 Å². The second kappa shape index (κ2) is 7.76. The average Bonchev–Trinajstić information content (AvgIpc) is 2.19. The molecular formula is C11H14F2O3. The molecule has 16 heavy (non-hydrogen) atoms. The van der Waals surface area contributed by atoms with Crippen LogP contribution in [0.4, 0.5) is 8.78 Å². The molecule has 1 aromatic carbocycles. The first-order valence-electron chi connectivity index (χ1n) is 4.79. The van der Waals surface area contributed by atoms with E-state index < -0.39 is 23.2 Å². The van der Waals surface area contributed by atoms with Crippen LogP contribution in [0.2, 0.25) is 0 Å². The van der Waals surface area contributed by atoms with Crippen LogP contribution in [-0.4, -0.2) is 24.3 Å². The van der Waals surface area contributed by atoms with E-state index in [1.54, 1.807) is 0 Å². The zero-order valence-electron chi connectivity index (χ0n) is 9.17. The van der Waals surface area contributed by atoms with E-state index in [9.17, 15) is 13.6 Å². The van der Waals surface area contributed by atoms with E-state index in [0.29, 0.717) is 6.07 Å². The zero-order chi connectivity index (χ0) is 12.6. The summed E-state index contributed by atoms with van der Waals surface area (Å²) in [6.07, 6.45) is 0. The van der Waals surface area contributed by atoms with E-state index in [2.05, 4.69) is 0 Å². The number of ether oxygens (including phenoxy) is 1. The van der Waals surface area contributed by atoms with Gasteiger partial charge in [-0.2, -0.15) is 0 Å². The predicted molar refractivity (Wildman–Crippen MR) is 55.5 cm³/mol. The van der Waals surface area contributed by atoms with E-state index in [4.69, 9.17) is 9.84 Å². The Kier molecular flexibility index (Phi) is 7.03. The SMILES string of the molecule is CCOCC.O=C(O)c1ccc(F)cc1F. The van der Waals surface area contributed by atoms with Gasteiger partial charge in [0, 0.05) is 19.3 Å². The van der Waals surface area contributed by atoms with Gasteiger partial charge in [-0.25, -0.2) is 13.6 Å². The van der Waals surface area contributed by atoms with Gasteiger partial charge in [0.25, 0.3) is 0 Å². The lowest BCUT2D eigenvalue weighted by molar-refractivity contribution is 0.0692. The Hall–Kier alpha value is -1.49. The zero-order valence-corrected chi connectivity index (χ0v) is 9.17.